The average Bonchev–Trinajstić information content (AvgIpc) is 2.81. The molecule has 0 fully saturated rings. The number of aromatic amines is 1. The third-order valence-corrected chi connectivity index (χ3v) is 5.54. The van der Waals surface area contributed by atoms with E-state index in [0.29, 0.717) is 29.5 Å². The Morgan fingerprint density at radius 3 is 2.66 bits per heavy atom. The summed E-state index contributed by atoms with van der Waals surface area (Å²) in [5.41, 5.74) is 4.28. The van der Waals surface area contributed by atoms with E-state index in [1.807, 2.05) is 72.5 Å². The van der Waals surface area contributed by atoms with Gasteiger partial charge in [0.05, 0.1) is 19.2 Å². The maximum Gasteiger partial charge on any atom is 0.253 e. The molecule has 0 aliphatic heterocycles. The van der Waals surface area contributed by atoms with Crippen molar-refractivity contribution in [1.29, 1.82) is 0 Å². The summed E-state index contributed by atoms with van der Waals surface area (Å²) < 4.78 is 5.26. The maximum atomic E-state index is 12.8. The Morgan fingerprint density at radius 2 is 1.94 bits per heavy atom. The average molecular weight is 445 g/mol. The molecule has 0 aliphatic carbocycles. The highest BCUT2D eigenvalue weighted by molar-refractivity contribution is 7.80. The number of ether oxygens (including phenoxy) is 1. The quantitative estimate of drug-likeness (QED) is 0.422. The van der Waals surface area contributed by atoms with Crippen LogP contribution in [0, 0.1) is 6.92 Å². The van der Waals surface area contributed by atoms with Crippen LogP contribution in [0.1, 0.15) is 16.7 Å². The van der Waals surface area contributed by atoms with Gasteiger partial charge in [0, 0.05) is 36.3 Å². The van der Waals surface area contributed by atoms with Crippen LogP contribution in [0.3, 0.4) is 0 Å². The lowest BCUT2D eigenvalue weighted by molar-refractivity contribution is 0.410. The zero-order valence-corrected chi connectivity index (χ0v) is 18.8. The lowest BCUT2D eigenvalue weighted by Gasteiger charge is -2.26. The largest absolute Gasteiger partial charge is 0.497 e. The summed E-state index contributed by atoms with van der Waals surface area (Å²) in [4.78, 5) is 22.0. The van der Waals surface area contributed by atoms with E-state index in [4.69, 9.17) is 17.0 Å². The van der Waals surface area contributed by atoms with Gasteiger partial charge < -0.3 is 19.9 Å². The van der Waals surface area contributed by atoms with Crippen molar-refractivity contribution in [1.82, 2.24) is 14.9 Å². The SMILES string of the molecule is COc1ccc2cc(CN(Cc3cccnc3)C(=S)Nc3ccc(C)cc3)c(=O)[nH]c2c1. The predicted molar refractivity (Wildman–Crippen MR) is 132 cm³/mol. The van der Waals surface area contributed by atoms with E-state index < -0.39 is 0 Å². The second kappa shape index (κ2) is 9.62. The van der Waals surface area contributed by atoms with Gasteiger partial charge in [-0.15, -0.1) is 0 Å². The Kier molecular flexibility index (Phi) is 6.47. The molecular formula is C25H24N4O2S. The highest BCUT2D eigenvalue weighted by atomic mass is 32.1. The molecule has 2 heterocycles. The van der Waals surface area contributed by atoms with Crippen molar-refractivity contribution in [3.8, 4) is 5.75 Å². The van der Waals surface area contributed by atoms with Crippen LogP contribution in [0.5, 0.6) is 5.75 Å². The van der Waals surface area contributed by atoms with Crippen molar-refractivity contribution in [3.63, 3.8) is 0 Å². The van der Waals surface area contributed by atoms with Crippen molar-refractivity contribution >= 4 is 33.9 Å². The minimum Gasteiger partial charge on any atom is -0.497 e. The summed E-state index contributed by atoms with van der Waals surface area (Å²) in [6.45, 7) is 2.91. The molecule has 6 nitrogen and oxygen atoms in total. The Labute approximate surface area is 191 Å². The number of pyridine rings is 2. The first kappa shape index (κ1) is 21.5. The van der Waals surface area contributed by atoms with E-state index in [9.17, 15) is 4.79 Å². The van der Waals surface area contributed by atoms with E-state index in [0.717, 1.165) is 22.2 Å². The molecule has 0 saturated heterocycles. The summed E-state index contributed by atoms with van der Waals surface area (Å²) >= 11 is 5.73. The number of nitrogens with one attached hydrogen (secondary N) is 2. The van der Waals surface area contributed by atoms with Gasteiger partial charge in [0.2, 0.25) is 0 Å². The number of nitrogens with zero attached hydrogens (tertiary/aromatic N) is 2. The van der Waals surface area contributed by atoms with Crippen molar-refractivity contribution < 1.29 is 4.74 Å². The van der Waals surface area contributed by atoms with E-state index in [2.05, 4.69) is 15.3 Å². The fourth-order valence-electron chi connectivity index (χ4n) is 3.43. The predicted octanol–water partition coefficient (Wildman–Crippen LogP) is 4.64. The number of aryl methyl sites for hydroxylation is 1. The van der Waals surface area contributed by atoms with Crippen LogP contribution in [0.4, 0.5) is 5.69 Å². The molecule has 4 aromatic rings. The fourth-order valence-corrected chi connectivity index (χ4v) is 3.67. The minimum atomic E-state index is -0.153. The summed E-state index contributed by atoms with van der Waals surface area (Å²) in [7, 11) is 1.60. The standard InChI is InChI=1S/C25H24N4O2S/c1-17-5-8-21(9-6-17)27-25(32)29(15-18-4-3-11-26-14-18)16-20-12-19-7-10-22(31-2)13-23(19)28-24(20)30/h3-14H,15-16H2,1-2H3,(H,27,32)(H,28,30). The number of aromatic nitrogens is 2. The van der Waals surface area contributed by atoms with Crippen LogP contribution in [0.2, 0.25) is 0 Å². The number of fused-ring (bicyclic) bond motifs is 1. The Balaban J connectivity index is 1.63. The van der Waals surface area contributed by atoms with Gasteiger partial charge in [-0.05, 0) is 66.5 Å². The van der Waals surface area contributed by atoms with Gasteiger partial charge in [-0.3, -0.25) is 9.78 Å². The molecule has 0 atom stereocenters. The number of anilines is 1. The number of methoxy groups -OCH3 is 1. The zero-order chi connectivity index (χ0) is 22.5. The van der Waals surface area contributed by atoms with Crippen molar-refractivity contribution in [2.45, 2.75) is 20.0 Å². The topological polar surface area (TPSA) is 70.2 Å². The summed E-state index contributed by atoms with van der Waals surface area (Å²) in [6, 6.07) is 19.4. The molecule has 162 valence electrons. The molecule has 7 heteroatoms. The lowest BCUT2D eigenvalue weighted by Crippen LogP contribution is -2.35. The van der Waals surface area contributed by atoms with Crippen LogP contribution in [0.15, 0.2) is 77.9 Å². The first-order valence-electron chi connectivity index (χ1n) is 10.2. The normalized spacial score (nSPS) is 10.7. The summed E-state index contributed by atoms with van der Waals surface area (Å²) in [5, 5.41) is 4.75. The van der Waals surface area contributed by atoms with E-state index >= 15 is 0 Å². The first-order valence-corrected chi connectivity index (χ1v) is 10.6. The number of benzene rings is 2. The molecule has 0 bridgehead atoms. The van der Waals surface area contributed by atoms with Gasteiger partial charge in [-0.25, -0.2) is 0 Å². The second-order valence-corrected chi connectivity index (χ2v) is 7.98. The van der Waals surface area contributed by atoms with Crippen molar-refractivity contribution in [2.75, 3.05) is 12.4 Å². The molecule has 2 aromatic heterocycles. The molecule has 4 rings (SSSR count). The van der Waals surface area contributed by atoms with Gasteiger partial charge in [0.15, 0.2) is 5.11 Å². The Bertz CT molecular complexity index is 1290. The van der Waals surface area contributed by atoms with Crippen LogP contribution in [-0.4, -0.2) is 27.1 Å². The third kappa shape index (κ3) is 5.12. The molecule has 0 spiro atoms. The molecule has 0 unspecified atom stereocenters. The second-order valence-electron chi connectivity index (χ2n) is 7.59. The highest BCUT2D eigenvalue weighted by Gasteiger charge is 2.15. The zero-order valence-electron chi connectivity index (χ0n) is 18.0. The maximum absolute atomic E-state index is 12.8. The van der Waals surface area contributed by atoms with Gasteiger partial charge in [0.1, 0.15) is 5.75 Å². The number of rotatable bonds is 6. The van der Waals surface area contributed by atoms with Crippen molar-refractivity contribution in [2.24, 2.45) is 0 Å². The van der Waals surface area contributed by atoms with Gasteiger partial charge in [-0.1, -0.05) is 23.8 Å². The van der Waals surface area contributed by atoms with Crippen LogP contribution >= 0.6 is 12.2 Å². The van der Waals surface area contributed by atoms with Gasteiger partial charge >= 0.3 is 0 Å². The van der Waals surface area contributed by atoms with Crippen LogP contribution in [-0.2, 0) is 13.1 Å². The number of hydrogen-bond donors (Lipinski definition) is 2. The molecule has 2 aromatic carbocycles. The minimum absolute atomic E-state index is 0.153. The fraction of sp³-hybridized carbons (Fsp3) is 0.160. The highest BCUT2D eigenvalue weighted by Crippen LogP contribution is 2.20. The molecule has 0 radical (unpaired) electrons. The smallest absolute Gasteiger partial charge is 0.253 e. The third-order valence-electron chi connectivity index (χ3n) is 5.18. The lowest BCUT2D eigenvalue weighted by atomic mass is 10.1. The van der Waals surface area contributed by atoms with Crippen molar-refractivity contribution in [3.05, 3.63) is 100 Å². The number of hydrogen-bond acceptors (Lipinski definition) is 4. The van der Waals surface area contributed by atoms with Gasteiger partial charge in [-0.2, -0.15) is 0 Å². The molecule has 0 saturated carbocycles. The summed E-state index contributed by atoms with van der Waals surface area (Å²) in [5.74, 6) is 0.697. The molecule has 2 N–H and O–H groups in total. The number of H-pyrrole nitrogens is 1. The van der Waals surface area contributed by atoms with Crippen LogP contribution in [0.25, 0.3) is 10.9 Å². The van der Waals surface area contributed by atoms with Gasteiger partial charge in [0.25, 0.3) is 5.56 Å². The first-order chi connectivity index (χ1) is 15.5. The Hall–Kier alpha value is -3.71. The molecule has 0 aliphatic rings. The molecular weight excluding hydrogens is 420 g/mol. The van der Waals surface area contributed by atoms with Crippen LogP contribution < -0.4 is 15.6 Å². The molecule has 0 amide bonds. The number of thiocarbonyl (C=S) groups is 1. The molecule has 32 heavy (non-hydrogen) atoms. The van der Waals surface area contributed by atoms with E-state index in [-0.39, 0.29) is 5.56 Å². The monoisotopic (exact) mass is 444 g/mol. The van der Waals surface area contributed by atoms with E-state index in [1.54, 1.807) is 19.5 Å². The Morgan fingerprint density at radius 1 is 1.12 bits per heavy atom. The summed E-state index contributed by atoms with van der Waals surface area (Å²) in [6.07, 6.45) is 3.54. The van der Waals surface area contributed by atoms with E-state index in [1.165, 1.54) is 5.56 Å².